The number of nitrogens with two attached hydrogens (primary N) is 1. The third kappa shape index (κ3) is 3.99. The van der Waals surface area contributed by atoms with E-state index < -0.39 is 0 Å². The van der Waals surface area contributed by atoms with Gasteiger partial charge in [-0.25, -0.2) is 0 Å². The first-order valence-electron chi connectivity index (χ1n) is 5.96. The van der Waals surface area contributed by atoms with Crippen LogP contribution in [0, 0.1) is 0 Å². The van der Waals surface area contributed by atoms with E-state index in [4.69, 9.17) is 5.73 Å². The van der Waals surface area contributed by atoms with Gasteiger partial charge in [0.1, 0.15) is 0 Å². The summed E-state index contributed by atoms with van der Waals surface area (Å²) in [5.41, 5.74) is 9.28. The van der Waals surface area contributed by atoms with E-state index in [-0.39, 0.29) is 0 Å². The molecule has 2 heteroatoms. The first-order chi connectivity index (χ1) is 8.07. The molecule has 1 aromatic carbocycles. The van der Waals surface area contributed by atoms with Gasteiger partial charge in [-0.15, -0.1) is 0 Å². The highest BCUT2D eigenvalue weighted by atomic mass is 16.3. The highest BCUT2D eigenvalue weighted by molar-refractivity contribution is 5.85. The summed E-state index contributed by atoms with van der Waals surface area (Å²) in [5, 5.41) is 9.67. The number of hydrogen-bond donors (Lipinski definition) is 2. The van der Waals surface area contributed by atoms with Gasteiger partial charge in [0.2, 0.25) is 0 Å². The van der Waals surface area contributed by atoms with Crippen molar-refractivity contribution in [2.24, 2.45) is 0 Å². The van der Waals surface area contributed by atoms with Crippen LogP contribution in [0.3, 0.4) is 0 Å². The first kappa shape index (κ1) is 15.3. The van der Waals surface area contributed by atoms with E-state index in [1.54, 1.807) is 6.92 Å². The van der Waals surface area contributed by atoms with Crippen molar-refractivity contribution in [1.82, 2.24) is 0 Å². The molecule has 2 nitrogen and oxygen atoms in total. The number of aliphatic hydroxyl groups is 1. The maximum absolute atomic E-state index is 9.67. The van der Waals surface area contributed by atoms with E-state index in [0.29, 0.717) is 11.4 Å². The zero-order chi connectivity index (χ0) is 13.4. The zero-order valence-electron chi connectivity index (χ0n) is 11.4. The van der Waals surface area contributed by atoms with Gasteiger partial charge in [0.15, 0.2) is 0 Å². The summed E-state index contributed by atoms with van der Waals surface area (Å²) in [6.45, 7) is 9.58. The van der Waals surface area contributed by atoms with Crippen LogP contribution in [-0.2, 0) is 0 Å². The second kappa shape index (κ2) is 7.55. The van der Waals surface area contributed by atoms with Crippen molar-refractivity contribution in [1.29, 1.82) is 0 Å². The third-order valence-electron chi connectivity index (χ3n) is 2.42. The lowest BCUT2D eigenvalue weighted by Gasteiger charge is -2.12. The summed E-state index contributed by atoms with van der Waals surface area (Å²) < 4.78 is 0. The summed E-state index contributed by atoms with van der Waals surface area (Å²) in [6, 6.07) is 7.55. The molecule has 0 aromatic heterocycles. The predicted molar refractivity (Wildman–Crippen MR) is 76.9 cm³/mol. The molecule has 17 heavy (non-hydrogen) atoms. The Morgan fingerprint density at radius 3 is 2.12 bits per heavy atom. The van der Waals surface area contributed by atoms with Crippen LogP contribution in [0.25, 0.3) is 5.57 Å². The molecule has 0 atom stereocenters. The van der Waals surface area contributed by atoms with Crippen LogP contribution in [0.15, 0.2) is 41.7 Å². The fourth-order valence-corrected chi connectivity index (χ4v) is 1.56. The third-order valence-corrected chi connectivity index (χ3v) is 2.42. The Morgan fingerprint density at radius 1 is 1.18 bits per heavy atom. The average Bonchev–Trinajstić information content (AvgIpc) is 2.34. The quantitative estimate of drug-likeness (QED) is 0.447. The lowest BCUT2D eigenvalue weighted by atomic mass is 9.96. The van der Waals surface area contributed by atoms with Gasteiger partial charge < -0.3 is 10.8 Å². The van der Waals surface area contributed by atoms with E-state index >= 15 is 0 Å². The normalized spacial score (nSPS) is 12.4. The van der Waals surface area contributed by atoms with Crippen LogP contribution in [0.2, 0.25) is 0 Å². The fourth-order valence-electron chi connectivity index (χ4n) is 1.56. The number of allylic oxidation sites excluding steroid dienone is 4. The largest absolute Gasteiger partial charge is 0.512 e. The van der Waals surface area contributed by atoms with Crippen LogP contribution in [-0.4, -0.2) is 5.11 Å². The smallest absolute Gasteiger partial charge is 0.0973 e. The molecule has 3 N–H and O–H groups in total. The number of rotatable bonds is 2. The van der Waals surface area contributed by atoms with E-state index in [0.717, 1.165) is 16.7 Å². The molecule has 0 saturated heterocycles. The van der Waals surface area contributed by atoms with E-state index in [2.05, 4.69) is 0 Å². The van der Waals surface area contributed by atoms with E-state index in [1.165, 1.54) is 0 Å². The lowest BCUT2D eigenvalue weighted by molar-refractivity contribution is 0.417. The monoisotopic (exact) mass is 233 g/mol. The minimum Gasteiger partial charge on any atom is -0.512 e. The molecule has 94 valence electrons. The molecule has 0 heterocycles. The minimum atomic E-state index is 0.295. The Labute approximate surface area is 104 Å². The zero-order valence-corrected chi connectivity index (χ0v) is 11.4. The van der Waals surface area contributed by atoms with Gasteiger partial charge in [0, 0.05) is 16.8 Å². The highest BCUT2D eigenvalue weighted by Gasteiger charge is 2.09. The van der Waals surface area contributed by atoms with Crippen molar-refractivity contribution in [3.8, 4) is 0 Å². The Balaban J connectivity index is 0.00000121. The minimum absolute atomic E-state index is 0.295. The van der Waals surface area contributed by atoms with Gasteiger partial charge in [-0.05, 0) is 32.4 Å². The van der Waals surface area contributed by atoms with Crippen LogP contribution < -0.4 is 5.73 Å². The van der Waals surface area contributed by atoms with Gasteiger partial charge >= 0.3 is 0 Å². The molecular formula is C15H23NO. The first-order valence-corrected chi connectivity index (χ1v) is 5.96. The molecule has 0 aliphatic rings. The van der Waals surface area contributed by atoms with Crippen molar-refractivity contribution >= 4 is 11.3 Å². The molecule has 0 aliphatic carbocycles. The van der Waals surface area contributed by atoms with Crippen LogP contribution in [0.1, 0.15) is 40.2 Å². The maximum atomic E-state index is 9.67. The van der Waals surface area contributed by atoms with Crippen molar-refractivity contribution < 1.29 is 5.11 Å². The Bertz CT molecular complexity index is 413. The Hall–Kier alpha value is -1.70. The molecule has 0 spiro atoms. The van der Waals surface area contributed by atoms with Gasteiger partial charge in [-0.3, -0.25) is 0 Å². The SMILES string of the molecule is C/C=C(C)\C(=C(/C)O)c1ccccc1N.CC. The number of benzene rings is 1. The predicted octanol–water partition coefficient (Wildman–Crippen LogP) is 4.55. The standard InChI is InChI=1S/C13H17NO.C2H6/c1-4-9(2)13(10(3)15)11-7-5-6-8-12(11)14;1-2/h4-8,15H,14H2,1-3H3;1-2H3/b9-4-,13-10-;. The second-order valence-corrected chi connectivity index (χ2v) is 3.52. The summed E-state index contributed by atoms with van der Waals surface area (Å²) in [7, 11) is 0. The molecule has 1 rings (SSSR count). The molecular weight excluding hydrogens is 210 g/mol. The van der Waals surface area contributed by atoms with Crippen LogP contribution in [0.4, 0.5) is 5.69 Å². The molecule has 0 fully saturated rings. The summed E-state index contributed by atoms with van der Waals surface area (Å²) in [4.78, 5) is 0. The number of aliphatic hydroxyl groups excluding tert-OH is 1. The number of hydrogen-bond acceptors (Lipinski definition) is 2. The van der Waals surface area contributed by atoms with Crippen molar-refractivity contribution in [2.45, 2.75) is 34.6 Å². The van der Waals surface area contributed by atoms with Crippen molar-refractivity contribution in [3.05, 3.63) is 47.2 Å². The topological polar surface area (TPSA) is 46.2 Å². The summed E-state index contributed by atoms with van der Waals surface area (Å²) >= 11 is 0. The number of anilines is 1. The fraction of sp³-hybridized carbons (Fsp3) is 0.333. The summed E-state index contributed by atoms with van der Waals surface area (Å²) in [6.07, 6.45) is 1.96. The van der Waals surface area contributed by atoms with Crippen molar-refractivity contribution in [3.63, 3.8) is 0 Å². The molecule has 0 unspecified atom stereocenters. The van der Waals surface area contributed by atoms with Gasteiger partial charge in [0.25, 0.3) is 0 Å². The second-order valence-electron chi connectivity index (χ2n) is 3.52. The number of para-hydroxylation sites is 1. The van der Waals surface area contributed by atoms with E-state index in [9.17, 15) is 5.11 Å². The molecule has 0 bridgehead atoms. The molecule has 1 aromatic rings. The maximum Gasteiger partial charge on any atom is 0.0973 e. The number of nitrogen functional groups attached to an aromatic ring is 1. The Kier molecular flexibility index (Phi) is 6.80. The molecule has 0 aliphatic heterocycles. The summed E-state index contributed by atoms with van der Waals surface area (Å²) in [5.74, 6) is 0.295. The molecule has 0 amide bonds. The highest BCUT2D eigenvalue weighted by Crippen LogP contribution is 2.29. The lowest BCUT2D eigenvalue weighted by Crippen LogP contribution is -1.97. The van der Waals surface area contributed by atoms with Gasteiger partial charge in [-0.2, -0.15) is 0 Å². The Morgan fingerprint density at radius 2 is 1.71 bits per heavy atom. The van der Waals surface area contributed by atoms with Crippen molar-refractivity contribution in [2.75, 3.05) is 5.73 Å². The van der Waals surface area contributed by atoms with Gasteiger partial charge in [0.05, 0.1) is 5.76 Å². The van der Waals surface area contributed by atoms with E-state index in [1.807, 2.05) is 58.0 Å². The molecule has 0 radical (unpaired) electrons. The van der Waals surface area contributed by atoms with Crippen LogP contribution in [0.5, 0.6) is 0 Å². The van der Waals surface area contributed by atoms with Gasteiger partial charge in [-0.1, -0.05) is 38.1 Å². The molecule has 0 saturated carbocycles. The average molecular weight is 233 g/mol. The van der Waals surface area contributed by atoms with Crippen LogP contribution >= 0.6 is 0 Å².